The Morgan fingerprint density at radius 2 is 1.63 bits per heavy atom. The van der Waals surface area contributed by atoms with Gasteiger partial charge in [-0.2, -0.15) is 0 Å². The van der Waals surface area contributed by atoms with Crippen molar-refractivity contribution in [2.75, 3.05) is 19.7 Å². The first kappa shape index (κ1) is 21.3. The van der Waals surface area contributed by atoms with Gasteiger partial charge in [-0.1, -0.05) is 48.5 Å². The molecule has 0 heterocycles. The lowest BCUT2D eigenvalue weighted by Crippen LogP contribution is -2.38. The first-order valence-electron chi connectivity index (χ1n) is 9.12. The zero-order chi connectivity index (χ0) is 19.7. The Kier molecular flexibility index (Phi) is 8.14. The van der Waals surface area contributed by atoms with E-state index in [0.29, 0.717) is 19.7 Å². The number of hydrogen-bond acceptors (Lipinski definition) is 4. The van der Waals surface area contributed by atoms with E-state index in [1.807, 2.05) is 86.3 Å². The highest BCUT2D eigenvalue weighted by Gasteiger charge is 2.21. The number of alkyl halides is 1. The number of carbonyl (C=O) groups is 1. The Hall–Kier alpha value is -2.04. The van der Waals surface area contributed by atoms with Gasteiger partial charge in [0, 0.05) is 13.1 Å². The van der Waals surface area contributed by atoms with E-state index in [-0.39, 0.29) is 17.9 Å². The number of benzene rings is 2. The van der Waals surface area contributed by atoms with E-state index in [2.05, 4.69) is 0 Å². The average molecular weight is 390 g/mol. The molecule has 0 radical (unpaired) electrons. The molecule has 0 aliphatic carbocycles. The molecule has 0 unspecified atom stereocenters. The summed E-state index contributed by atoms with van der Waals surface area (Å²) in [6.07, 6.45) is 0. The van der Waals surface area contributed by atoms with Crippen LogP contribution in [0.2, 0.25) is 0 Å². The molecule has 0 fully saturated rings. The summed E-state index contributed by atoms with van der Waals surface area (Å²) in [5.74, 6) is 0.524. The van der Waals surface area contributed by atoms with Crippen LogP contribution < -0.4 is 4.74 Å². The number of esters is 1. The summed E-state index contributed by atoms with van der Waals surface area (Å²) >= 11 is 6.49. The SMILES string of the molecule is CC(C)(C)OC(=O)CN(Cc1ccccc1)C[C@@H](Cl)COc1ccccc1. The van der Waals surface area contributed by atoms with Crippen LogP contribution in [0.25, 0.3) is 0 Å². The fraction of sp³-hybridized carbons (Fsp3) is 0.409. The van der Waals surface area contributed by atoms with Crippen molar-refractivity contribution in [3.05, 3.63) is 66.2 Å². The van der Waals surface area contributed by atoms with Crippen LogP contribution in [-0.2, 0) is 16.1 Å². The predicted octanol–water partition coefficient (Wildman–Crippen LogP) is 4.52. The van der Waals surface area contributed by atoms with Crippen molar-refractivity contribution >= 4 is 17.6 Å². The Bertz CT molecular complexity index is 686. The van der Waals surface area contributed by atoms with Gasteiger partial charge in [0.1, 0.15) is 18.0 Å². The molecule has 0 aromatic heterocycles. The van der Waals surface area contributed by atoms with E-state index < -0.39 is 5.60 Å². The second-order valence-corrected chi connectivity index (χ2v) is 8.08. The third-order valence-electron chi connectivity index (χ3n) is 3.65. The van der Waals surface area contributed by atoms with E-state index in [1.165, 1.54) is 0 Å². The number of rotatable bonds is 9. The third kappa shape index (κ3) is 8.94. The van der Waals surface area contributed by atoms with Gasteiger partial charge in [0.05, 0.1) is 11.9 Å². The highest BCUT2D eigenvalue weighted by Crippen LogP contribution is 2.13. The van der Waals surface area contributed by atoms with Crippen LogP contribution in [0.1, 0.15) is 26.3 Å². The molecule has 0 saturated heterocycles. The van der Waals surface area contributed by atoms with Crippen LogP contribution >= 0.6 is 11.6 Å². The van der Waals surface area contributed by atoms with Crippen molar-refractivity contribution < 1.29 is 14.3 Å². The van der Waals surface area contributed by atoms with Gasteiger partial charge in [-0.3, -0.25) is 9.69 Å². The molecule has 5 heteroatoms. The second-order valence-electron chi connectivity index (χ2n) is 7.46. The molecule has 0 spiro atoms. The molecule has 0 amide bonds. The molecular formula is C22H28ClNO3. The molecule has 2 rings (SSSR count). The summed E-state index contributed by atoms with van der Waals surface area (Å²) < 4.78 is 11.2. The monoisotopic (exact) mass is 389 g/mol. The molecule has 0 aliphatic rings. The lowest BCUT2D eigenvalue weighted by atomic mass is 10.2. The van der Waals surface area contributed by atoms with Crippen LogP contribution in [-0.4, -0.2) is 41.5 Å². The van der Waals surface area contributed by atoms with Crippen molar-refractivity contribution in [1.29, 1.82) is 0 Å². The van der Waals surface area contributed by atoms with Gasteiger partial charge in [-0.25, -0.2) is 0 Å². The topological polar surface area (TPSA) is 38.8 Å². The summed E-state index contributed by atoms with van der Waals surface area (Å²) in [7, 11) is 0. The van der Waals surface area contributed by atoms with Gasteiger partial charge >= 0.3 is 5.97 Å². The number of ether oxygens (including phenoxy) is 2. The van der Waals surface area contributed by atoms with Crippen molar-refractivity contribution in [1.82, 2.24) is 4.90 Å². The minimum atomic E-state index is -0.508. The molecule has 0 N–H and O–H groups in total. The molecule has 2 aromatic rings. The Labute approximate surface area is 167 Å². The molecule has 0 saturated carbocycles. The standard InChI is InChI=1S/C22H28ClNO3/c1-22(2,3)27-21(25)16-24(14-18-10-6-4-7-11-18)15-19(23)17-26-20-12-8-5-9-13-20/h4-13,19H,14-17H2,1-3H3/t19-/m1/s1. The van der Waals surface area contributed by atoms with Crippen LogP contribution in [0.5, 0.6) is 5.75 Å². The minimum absolute atomic E-state index is 0.181. The molecule has 0 aliphatic heterocycles. The van der Waals surface area contributed by atoms with Gasteiger partial charge in [0.2, 0.25) is 0 Å². The van der Waals surface area contributed by atoms with E-state index in [9.17, 15) is 4.79 Å². The van der Waals surface area contributed by atoms with Gasteiger partial charge in [-0.15, -0.1) is 11.6 Å². The summed E-state index contributed by atoms with van der Waals surface area (Å²) in [6.45, 7) is 7.28. The lowest BCUT2D eigenvalue weighted by molar-refractivity contribution is -0.156. The zero-order valence-electron chi connectivity index (χ0n) is 16.2. The second kappa shape index (κ2) is 10.3. The maximum absolute atomic E-state index is 12.3. The van der Waals surface area contributed by atoms with Crippen LogP contribution in [0.15, 0.2) is 60.7 Å². The maximum Gasteiger partial charge on any atom is 0.320 e. The normalized spacial score (nSPS) is 12.6. The van der Waals surface area contributed by atoms with Crippen LogP contribution in [0.3, 0.4) is 0 Å². The molecule has 1 atom stereocenters. The number of halogens is 1. The van der Waals surface area contributed by atoms with Gasteiger partial charge in [0.15, 0.2) is 0 Å². The molecule has 4 nitrogen and oxygen atoms in total. The van der Waals surface area contributed by atoms with Gasteiger partial charge in [0.25, 0.3) is 0 Å². The van der Waals surface area contributed by atoms with E-state index in [0.717, 1.165) is 11.3 Å². The quantitative estimate of drug-likeness (QED) is 0.467. The average Bonchev–Trinajstić information content (AvgIpc) is 2.60. The van der Waals surface area contributed by atoms with Crippen molar-refractivity contribution in [2.24, 2.45) is 0 Å². The zero-order valence-corrected chi connectivity index (χ0v) is 17.0. The van der Waals surface area contributed by atoms with Crippen molar-refractivity contribution in [2.45, 2.75) is 38.3 Å². The third-order valence-corrected chi connectivity index (χ3v) is 3.92. The molecule has 2 aromatic carbocycles. The summed E-state index contributed by atoms with van der Waals surface area (Å²) in [6, 6.07) is 19.6. The number of carbonyl (C=O) groups excluding carboxylic acids is 1. The molecular weight excluding hydrogens is 362 g/mol. The summed E-state index contributed by atoms with van der Waals surface area (Å²) in [5, 5.41) is -0.253. The van der Waals surface area contributed by atoms with Crippen molar-refractivity contribution in [3.8, 4) is 5.75 Å². The number of para-hydroxylation sites is 1. The number of nitrogens with zero attached hydrogens (tertiary/aromatic N) is 1. The molecule has 27 heavy (non-hydrogen) atoms. The first-order valence-corrected chi connectivity index (χ1v) is 9.55. The van der Waals surface area contributed by atoms with E-state index in [1.54, 1.807) is 0 Å². The maximum atomic E-state index is 12.3. The minimum Gasteiger partial charge on any atom is -0.492 e. The summed E-state index contributed by atoms with van der Waals surface area (Å²) in [5.41, 5.74) is 0.612. The molecule has 0 bridgehead atoms. The van der Waals surface area contributed by atoms with E-state index in [4.69, 9.17) is 21.1 Å². The Morgan fingerprint density at radius 1 is 1.04 bits per heavy atom. The summed E-state index contributed by atoms with van der Waals surface area (Å²) in [4.78, 5) is 14.3. The Balaban J connectivity index is 1.94. The number of hydrogen-bond donors (Lipinski definition) is 0. The van der Waals surface area contributed by atoms with Gasteiger partial charge in [-0.05, 0) is 38.5 Å². The van der Waals surface area contributed by atoms with Crippen LogP contribution in [0, 0.1) is 0 Å². The first-order chi connectivity index (χ1) is 12.8. The lowest BCUT2D eigenvalue weighted by Gasteiger charge is -2.26. The predicted molar refractivity (Wildman–Crippen MR) is 109 cm³/mol. The fourth-order valence-corrected chi connectivity index (χ4v) is 2.88. The highest BCUT2D eigenvalue weighted by molar-refractivity contribution is 6.20. The smallest absolute Gasteiger partial charge is 0.320 e. The Morgan fingerprint density at radius 3 is 2.22 bits per heavy atom. The highest BCUT2D eigenvalue weighted by atomic mass is 35.5. The fourth-order valence-electron chi connectivity index (χ4n) is 2.62. The van der Waals surface area contributed by atoms with Crippen LogP contribution in [0.4, 0.5) is 0 Å². The molecule has 146 valence electrons. The van der Waals surface area contributed by atoms with E-state index >= 15 is 0 Å². The van der Waals surface area contributed by atoms with Gasteiger partial charge < -0.3 is 9.47 Å². The van der Waals surface area contributed by atoms with Crippen molar-refractivity contribution in [3.63, 3.8) is 0 Å². The largest absolute Gasteiger partial charge is 0.492 e.